The minimum Gasteiger partial charge on any atom is -0.454 e. The summed E-state index contributed by atoms with van der Waals surface area (Å²) in [6.07, 6.45) is 3.30. The van der Waals surface area contributed by atoms with E-state index in [1.807, 2.05) is 18.2 Å². The summed E-state index contributed by atoms with van der Waals surface area (Å²) in [5.41, 5.74) is 1.27. The van der Waals surface area contributed by atoms with Crippen molar-refractivity contribution in [1.82, 2.24) is 20.0 Å². The summed E-state index contributed by atoms with van der Waals surface area (Å²) in [7, 11) is 0. The van der Waals surface area contributed by atoms with Crippen LogP contribution in [0.2, 0.25) is 0 Å². The predicted octanol–water partition coefficient (Wildman–Crippen LogP) is 3.23. The van der Waals surface area contributed by atoms with Gasteiger partial charge in [-0.2, -0.15) is 4.98 Å². The Hall–Kier alpha value is -3.62. The van der Waals surface area contributed by atoms with Crippen molar-refractivity contribution in [2.45, 2.75) is 18.9 Å². The Kier molecular flexibility index (Phi) is 4.04. The molecule has 142 valence electrons. The highest BCUT2D eigenvalue weighted by Gasteiger charge is 2.34. The number of carbonyl (C=O) groups excluding carboxylic acids is 1. The second-order valence-corrected chi connectivity index (χ2v) is 6.52. The average molecular weight is 379 g/mol. The van der Waals surface area contributed by atoms with Crippen LogP contribution in [0.1, 0.15) is 24.8 Å². The molecule has 2 amide bonds. The Labute approximate surface area is 160 Å². The number of hydrogen-bond acceptors (Lipinski definition) is 7. The molecule has 1 aromatic carbocycles. The van der Waals surface area contributed by atoms with E-state index in [-0.39, 0.29) is 18.9 Å². The number of likely N-dealkylation sites (tertiary alicyclic amines) is 1. The Bertz CT molecular complexity index is 1010. The minimum absolute atomic E-state index is 0.191. The molecule has 1 atom stereocenters. The summed E-state index contributed by atoms with van der Waals surface area (Å²) >= 11 is 0. The third kappa shape index (κ3) is 3.00. The maximum absolute atomic E-state index is 12.8. The molecule has 2 aliphatic heterocycles. The van der Waals surface area contributed by atoms with E-state index in [2.05, 4.69) is 20.4 Å². The number of rotatable bonds is 3. The number of carbonyl (C=O) groups is 1. The fourth-order valence-electron chi connectivity index (χ4n) is 3.41. The van der Waals surface area contributed by atoms with Gasteiger partial charge in [-0.25, -0.2) is 4.79 Å². The van der Waals surface area contributed by atoms with Gasteiger partial charge in [0.2, 0.25) is 18.5 Å². The van der Waals surface area contributed by atoms with Crippen LogP contribution in [0.25, 0.3) is 11.5 Å². The van der Waals surface area contributed by atoms with Gasteiger partial charge < -0.3 is 24.2 Å². The summed E-state index contributed by atoms with van der Waals surface area (Å²) in [6.45, 7) is 0.805. The normalized spacial score (nSPS) is 17.7. The van der Waals surface area contributed by atoms with Crippen molar-refractivity contribution in [3.8, 4) is 23.0 Å². The topological polar surface area (TPSA) is 103 Å². The average Bonchev–Trinajstić information content (AvgIpc) is 3.47. The zero-order valence-electron chi connectivity index (χ0n) is 14.9. The predicted molar refractivity (Wildman–Crippen MR) is 97.8 cm³/mol. The number of benzene rings is 1. The molecule has 1 fully saturated rings. The first-order chi connectivity index (χ1) is 13.8. The summed E-state index contributed by atoms with van der Waals surface area (Å²) in [6, 6.07) is 10.3. The molecule has 9 heteroatoms. The molecule has 9 nitrogen and oxygen atoms in total. The van der Waals surface area contributed by atoms with E-state index in [0.29, 0.717) is 41.1 Å². The lowest BCUT2D eigenvalue weighted by molar-refractivity contribution is 0.174. The molecule has 0 bridgehead atoms. The van der Waals surface area contributed by atoms with Crippen LogP contribution in [0.15, 0.2) is 47.1 Å². The zero-order valence-corrected chi connectivity index (χ0v) is 14.9. The van der Waals surface area contributed by atoms with Crippen molar-refractivity contribution in [3.63, 3.8) is 0 Å². The molecule has 28 heavy (non-hydrogen) atoms. The first-order valence-electron chi connectivity index (χ1n) is 9.00. The summed E-state index contributed by atoms with van der Waals surface area (Å²) in [5.74, 6) is 2.12. The Morgan fingerprint density at radius 2 is 2.11 bits per heavy atom. The largest absolute Gasteiger partial charge is 0.454 e. The first kappa shape index (κ1) is 16.5. The Balaban J connectivity index is 1.33. The Morgan fingerprint density at radius 3 is 3.00 bits per heavy atom. The van der Waals surface area contributed by atoms with Crippen molar-refractivity contribution >= 4 is 11.7 Å². The van der Waals surface area contributed by atoms with Gasteiger partial charge in [-0.05, 0) is 37.1 Å². The molecule has 0 radical (unpaired) electrons. The number of nitrogens with zero attached hydrogens (tertiary/aromatic N) is 4. The second-order valence-electron chi connectivity index (χ2n) is 6.52. The maximum atomic E-state index is 12.8. The lowest BCUT2D eigenvalue weighted by Crippen LogP contribution is -2.34. The van der Waals surface area contributed by atoms with Crippen LogP contribution < -0.4 is 14.8 Å². The fourth-order valence-corrected chi connectivity index (χ4v) is 3.41. The van der Waals surface area contributed by atoms with Crippen molar-refractivity contribution in [1.29, 1.82) is 0 Å². The third-order valence-corrected chi connectivity index (χ3v) is 4.76. The Morgan fingerprint density at radius 1 is 1.18 bits per heavy atom. The van der Waals surface area contributed by atoms with E-state index >= 15 is 0 Å². The van der Waals surface area contributed by atoms with Gasteiger partial charge in [0.05, 0.1) is 0 Å². The van der Waals surface area contributed by atoms with Gasteiger partial charge in [-0.15, -0.1) is 0 Å². The highest BCUT2D eigenvalue weighted by molar-refractivity contribution is 5.90. The molecule has 2 aliphatic rings. The number of fused-ring (bicyclic) bond motifs is 1. The van der Waals surface area contributed by atoms with Crippen molar-refractivity contribution in [3.05, 3.63) is 48.5 Å². The molecular weight excluding hydrogens is 362 g/mol. The van der Waals surface area contributed by atoms with Crippen molar-refractivity contribution < 1.29 is 18.8 Å². The van der Waals surface area contributed by atoms with E-state index in [1.165, 1.54) is 0 Å². The highest BCUT2D eigenvalue weighted by atomic mass is 16.7. The van der Waals surface area contributed by atoms with Gasteiger partial charge in [0, 0.05) is 24.5 Å². The number of hydrogen-bond donors (Lipinski definition) is 1. The molecule has 0 saturated carbocycles. The van der Waals surface area contributed by atoms with Gasteiger partial charge in [-0.3, -0.25) is 4.98 Å². The molecule has 1 N–H and O–H groups in total. The van der Waals surface area contributed by atoms with Gasteiger partial charge in [0.15, 0.2) is 11.5 Å². The molecular formula is C19H17N5O4. The van der Waals surface area contributed by atoms with Crippen LogP contribution in [-0.4, -0.2) is 39.4 Å². The minimum atomic E-state index is -0.265. The van der Waals surface area contributed by atoms with Gasteiger partial charge in [0.1, 0.15) is 11.7 Å². The van der Waals surface area contributed by atoms with E-state index in [0.717, 1.165) is 12.8 Å². The summed E-state index contributed by atoms with van der Waals surface area (Å²) < 4.78 is 16.1. The monoisotopic (exact) mass is 379 g/mol. The number of anilines is 1. The fraction of sp³-hybridized carbons (Fsp3) is 0.263. The quantitative estimate of drug-likeness (QED) is 0.745. The van der Waals surface area contributed by atoms with Crippen LogP contribution in [0.3, 0.4) is 0 Å². The summed E-state index contributed by atoms with van der Waals surface area (Å²) in [5, 5.41) is 6.91. The molecule has 1 saturated heterocycles. The summed E-state index contributed by atoms with van der Waals surface area (Å²) in [4.78, 5) is 23.2. The molecule has 5 rings (SSSR count). The molecule has 0 unspecified atom stereocenters. The van der Waals surface area contributed by atoms with E-state index in [4.69, 9.17) is 14.0 Å². The van der Waals surface area contributed by atoms with Crippen LogP contribution in [0, 0.1) is 0 Å². The standard InChI is InChI=1S/C19H17N5O4/c25-19(21-12-6-7-15-16(10-12)27-11-26-15)24-9-3-5-14(24)18-22-17(23-28-18)13-4-1-2-8-20-13/h1-2,4,6-8,10,14H,3,5,9,11H2,(H,21,25)/t14-/m0/s1. The molecule has 4 heterocycles. The number of pyridine rings is 1. The van der Waals surface area contributed by atoms with Crippen LogP contribution in [-0.2, 0) is 0 Å². The second kappa shape index (κ2) is 6.84. The smallest absolute Gasteiger partial charge is 0.322 e. The number of nitrogens with one attached hydrogen (secondary N) is 1. The maximum Gasteiger partial charge on any atom is 0.322 e. The third-order valence-electron chi connectivity index (χ3n) is 4.76. The lowest BCUT2D eigenvalue weighted by Gasteiger charge is -2.22. The van der Waals surface area contributed by atoms with E-state index < -0.39 is 0 Å². The lowest BCUT2D eigenvalue weighted by atomic mass is 10.2. The van der Waals surface area contributed by atoms with E-state index in [9.17, 15) is 4.79 Å². The molecule has 2 aromatic heterocycles. The van der Waals surface area contributed by atoms with Crippen LogP contribution in [0.4, 0.5) is 10.5 Å². The number of aromatic nitrogens is 3. The van der Waals surface area contributed by atoms with Crippen molar-refractivity contribution in [2.75, 3.05) is 18.7 Å². The first-order valence-corrected chi connectivity index (χ1v) is 9.00. The van der Waals surface area contributed by atoms with E-state index in [1.54, 1.807) is 29.3 Å². The van der Waals surface area contributed by atoms with Gasteiger partial charge in [0.25, 0.3) is 0 Å². The SMILES string of the molecule is O=C(Nc1ccc2c(c1)OCO2)N1CCC[C@H]1c1nc(-c2ccccn2)no1. The highest BCUT2D eigenvalue weighted by Crippen LogP contribution is 2.35. The van der Waals surface area contributed by atoms with Gasteiger partial charge in [-0.1, -0.05) is 11.2 Å². The number of ether oxygens (including phenoxy) is 2. The van der Waals surface area contributed by atoms with Gasteiger partial charge >= 0.3 is 6.03 Å². The molecule has 3 aromatic rings. The molecule has 0 aliphatic carbocycles. The zero-order chi connectivity index (χ0) is 18.9. The number of amides is 2. The van der Waals surface area contributed by atoms with Crippen molar-refractivity contribution in [2.24, 2.45) is 0 Å². The molecule has 0 spiro atoms. The number of urea groups is 1. The van der Waals surface area contributed by atoms with Crippen LogP contribution >= 0.6 is 0 Å². The van der Waals surface area contributed by atoms with Crippen LogP contribution in [0.5, 0.6) is 11.5 Å².